The Morgan fingerprint density at radius 2 is 2.41 bits per heavy atom. The van der Waals surface area contributed by atoms with E-state index in [4.69, 9.17) is 9.47 Å². The molecule has 0 saturated carbocycles. The van der Waals surface area contributed by atoms with Gasteiger partial charge in [-0.15, -0.1) is 0 Å². The van der Waals surface area contributed by atoms with Crippen LogP contribution in [-0.4, -0.2) is 26.4 Å². The Balaban J connectivity index is 1.69. The molecule has 1 aromatic carbocycles. The molecule has 0 amide bonds. The van der Waals surface area contributed by atoms with Crippen molar-refractivity contribution in [2.75, 3.05) is 26.4 Å². The zero-order valence-electron chi connectivity index (χ0n) is 10.1. The lowest BCUT2D eigenvalue weighted by molar-refractivity contribution is 0.166. The van der Waals surface area contributed by atoms with Crippen LogP contribution in [0.25, 0.3) is 0 Å². The number of ether oxygens (including phenoxy) is 2. The molecule has 1 N–H and O–H groups in total. The first-order valence-corrected chi connectivity index (χ1v) is 6.45. The molecular formula is C14H19NO2. The molecule has 17 heavy (non-hydrogen) atoms. The highest BCUT2D eigenvalue weighted by atomic mass is 16.5. The lowest BCUT2D eigenvalue weighted by atomic mass is 10.00. The minimum absolute atomic E-state index is 0.576. The van der Waals surface area contributed by atoms with Gasteiger partial charge in [-0.05, 0) is 36.6 Å². The molecule has 3 heteroatoms. The number of benzene rings is 1. The van der Waals surface area contributed by atoms with Crippen LogP contribution in [0.15, 0.2) is 18.2 Å². The normalized spacial score (nSPS) is 23.4. The minimum Gasteiger partial charge on any atom is -0.493 e. The van der Waals surface area contributed by atoms with Crippen LogP contribution in [0.1, 0.15) is 17.5 Å². The summed E-state index contributed by atoms with van der Waals surface area (Å²) >= 11 is 0. The molecule has 2 heterocycles. The maximum absolute atomic E-state index is 5.98. The largest absolute Gasteiger partial charge is 0.493 e. The SMILES string of the molecule is c1cc2c(c(OCC3CCOC3)c1)CCNC2. The van der Waals surface area contributed by atoms with E-state index in [0.29, 0.717) is 5.92 Å². The highest BCUT2D eigenvalue weighted by Gasteiger charge is 2.18. The van der Waals surface area contributed by atoms with Gasteiger partial charge in [-0.2, -0.15) is 0 Å². The van der Waals surface area contributed by atoms with Gasteiger partial charge in [0.2, 0.25) is 0 Å². The maximum Gasteiger partial charge on any atom is 0.122 e. The smallest absolute Gasteiger partial charge is 0.122 e. The first kappa shape index (κ1) is 11.1. The van der Waals surface area contributed by atoms with E-state index in [2.05, 4.69) is 23.5 Å². The highest BCUT2D eigenvalue weighted by Crippen LogP contribution is 2.26. The van der Waals surface area contributed by atoms with Gasteiger partial charge in [0.1, 0.15) is 5.75 Å². The summed E-state index contributed by atoms with van der Waals surface area (Å²) in [5.41, 5.74) is 2.78. The van der Waals surface area contributed by atoms with Gasteiger partial charge >= 0.3 is 0 Å². The topological polar surface area (TPSA) is 30.5 Å². The van der Waals surface area contributed by atoms with Gasteiger partial charge in [0, 0.05) is 19.1 Å². The van der Waals surface area contributed by atoms with E-state index in [9.17, 15) is 0 Å². The second kappa shape index (κ2) is 5.07. The molecule has 0 aromatic heterocycles. The van der Waals surface area contributed by atoms with E-state index < -0.39 is 0 Å². The summed E-state index contributed by atoms with van der Waals surface area (Å²) in [4.78, 5) is 0. The van der Waals surface area contributed by atoms with Crippen LogP contribution in [0.4, 0.5) is 0 Å². The molecule has 0 radical (unpaired) electrons. The van der Waals surface area contributed by atoms with Crippen LogP contribution >= 0.6 is 0 Å². The lowest BCUT2D eigenvalue weighted by Crippen LogP contribution is -2.24. The third-order valence-electron chi connectivity index (χ3n) is 3.60. The van der Waals surface area contributed by atoms with E-state index in [1.165, 1.54) is 11.1 Å². The summed E-state index contributed by atoms with van der Waals surface area (Å²) in [7, 11) is 0. The molecule has 0 bridgehead atoms. The second-order valence-electron chi connectivity index (χ2n) is 4.86. The van der Waals surface area contributed by atoms with E-state index >= 15 is 0 Å². The summed E-state index contributed by atoms with van der Waals surface area (Å²) in [5.74, 6) is 1.66. The first-order valence-electron chi connectivity index (χ1n) is 6.45. The summed E-state index contributed by atoms with van der Waals surface area (Å²) in [6.07, 6.45) is 2.21. The van der Waals surface area contributed by atoms with Crippen molar-refractivity contribution in [3.05, 3.63) is 29.3 Å². The number of hydrogen-bond donors (Lipinski definition) is 1. The molecule has 1 atom stereocenters. The Morgan fingerprint density at radius 1 is 1.41 bits per heavy atom. The van der Waals surface area contributed by atoms with Crippen molar-refractivity contribution >= 4 is 0 Å². The molecule has 2 aliphatic rings. The minimum atomic E-state index is 0.576. The molecule has 1 unspecified atom stereocenters. The maximum atomic E-state index is 5.98. The second-order valence-corrected chi connectivity index (χ2v) is 4.86. The monoisotopic (exact) mass is 233 g/mol. The van der Waals surface area contributed by atoms with Crippen molar-refractivity contribution in [3.8, 4) is 5.75 Å². The van der Waals surface area contributed by atoms with Crippen molar-refractivity contribution in [3.63, 3.8) is 0 Å². The quantitative estimate of drug-likeness (QED) is 0.862. The average molecular weight is 233 g/mol. The van der Waals surface area contributed by atoms with Crippen LogP contribution in [-0.2, 0) is 17.7 Å². The predicted molar refractivity (Wildman–Crippen MR) is 66.3 cm³/mol. The van der Waals surface area contributed by atoms with E-state index in [-0.39, 0.29) is 0 Å². The van der Waals surface area contributed by atoms with Gasteiger partial charge in [0.25, 0.3) is 0 Å². The van der Waals surface area contributed by atoms with Crippen LogP contribution in [0.5, 0.6) is 5.75 Å². The van der Waals surface area contributed by atoms with Crippen molar-refractivity contribution in [2.45, 2.75) is 19.4 Å². The Hall–Kier alpha value is -1.06. The van der Waals surface area contributed by atoms with Gasteiger partial charge in [-0.25, -0.2) is 0 Å². The van der Waals surface area contributed by atoms with Gasteiger partial charge in [-0.1, -0.05) is 12.1 Å². The Morgan fingerprint density at radius 3 is 3.29 bits per heavy atom. The van der Waals surface area contributed by atoms with Crippen LogP contribution in [0.3, 0.4) is 0 Å². The Kier molecular flexibility index (Phi) is 3.29. The molecule has 2 aliphatic heterocycles. The standard InChI is InChI=1S/C14H19NO2/c1-2-12-8-15-6-4-13(12)14(3-1)17-10-11-5-7-16-9-11/h1-3,11,15H,4-10H2. The molecule has 92 valence electrons. The first-order chi connectivity index (χ1) is 8.43. The number of hydrogen-bond acceptors (Lipinski definition) is 3. The average Bonchev–Trinajstić information content (AvgIpc) is 2.89. The Labute approximate surface area is 102 Å². The van der Waals surface area contributed by atoms with Crippen molar-refractivity contribution < 1.29 is 9.47 Å². The van der Waals surface area contributed by atoms with Crippen molar-refractivity contribution in [1.29, 1.82) is 0 Å². The zero-order chi connectivity index (χ0) is 11.5. The van der Waals surface area contributed by atoms with Crippen molar-refractivity contribution in [2.24, 2.45) is 5.92 Å². The van der Waals surface area contributed by atoms with Crippen molar-refractivity contribution in [1.82, 2.24) is 5.32 Å². The molecule has 3 nitrogen and oxygen atoms in total. The highest BCUT2D eigenvalue weighted by molar-refractivity contribution is 5.41. The predicted octanol–water partition coefficient (Wildman–Crippen LogP) is 1.75. The van der Waals surface area contributed by atoms with Gasteiger partial charge in [0.05, 0.1) is 13.2 Å². The fourth-order valence-corrected chi connectivity index (χ4v) is 2.55. The molecule has 3 rings (SSSR count). The summed E-state index contributed by atoms with van der Waals surface area (Å²) in [6, 6.07) is 6.37. The molecule has 1 fully saturated rings. The van der Waals surface area contributed by atoms with Gasteiger partial charge in [0.15, 0.2) is 0 Å². The molecule has 0 spiro atoms. The summed E-state index contributed by atoms with van der Waals surface area (Å²) in [5, 5.41) is 3.39. The summed E-state index contributed by atoms with van der Waals surface area (Å²) in [6.45, 7) is 4.57. The molecule has 1 aromatic rings. The third kappa shape index (κ3) is 2.45. The van der Waals surface area contributed by atoms with Crippen LogP contribution < -0.4 is 10.1 Å². The van der Waals surface area contributed by atoms with Gasteiger partial charge < -0.3 is 14.8 Å². The van der Waals surface area contributed by atoms with E-state index in [0.717, 1.165) is 51.5 Å². The Bertz CT molecular complexity index is 386. The lowest BCUT2D eigenvalue weighted by Gasteiger charge is -2.21. The zero-order valence-corrected chi connectivity index (χ0v) is 10.1. The van der Waals surface area contributed by atoms with Crippen LogP contribution in [0.2, 0.25) is 0 Å². The fourth-order valence-electron chi connectivity index (χ4n) is 2.55. The number of fused-ring (bicyclic) bond motifs is 1. The fraction of sp³-hybridized carbons (Fsp3) is 0.571. The molecular weight excluding hydrogens is 214 g/mol. The number of nitrogens with one attached hydrogen (secondary N) is 1. The third-order valence-corrected chi connectivity index (χ3v) is 3.60. The van der Waals surface area contributed by atoms with Crippen LogP contribution in [0, 0.1) is 5.92 Å². The molecule has 0 aliphatic carbocycles. The molecule has 1 saturated heterocycles. The summed E-state index contributed by atoms with van der Waals surface area (Å²) < 4.78 is 11.3. The number of rotatable bonds is 3. The van der Waals surface area contributed by atoms with Gasteiger partial charge in [-0.3, -0.25) is 0 Å². The van der Waals surface area contributed by atoms with E-state index in [1.54, 1.807) is 0 Å². The van der Waals surface area contributed by atoms with E-state index in [1.807, 2.05) is 0 Å².